The highest BCUT2D eigenvalue weighted by Gasteiger charge is 2.22. The average Bonchev–Trinajstić information content (AvgIpc) is 2.94. The minimum atomic E-state index is -0.449. The first kappa shape index (κ1) is 18.9. The molecule has 0 bridgehead atoms. The number of hydrogen-bond donors (Lipinski definition) is 2. The summed E-state index contributed by atoms with van der Waals surface area (Å²) in [4.78, 5) is 26.0. The first-order valence-electron chi connectivity index (χ1n) is 6.63. The summed E-state index contributed by atoms with van der Waals surface area (Å²) in [5, 5.41) is 4.48. The Morgan fingerprint density at radius 2 is 2.36 bits per heavy atom. The summed E-state index contributed by atoms with van der Waals surface area (Å²) in [5.74, 6) is -0.619. The maximum absolute atomic E-state index is 12.1. The predicted octanol–water partition coefficient (Wildman–Crippen LogP) is 0.554. The zero-order valence-corrected chi connectivity index (χ0v) is 13.9. The largest absolute Gasteiger partial charge is 0.465 e. The lowest BCUT2D eigenvalue weighted by Gasteiger charge is -2.31. The molecule has 0 saturated carbocycles. The van der Waals surface area contributed by atoms with Gasteiger partial charge in [0.05, 0.1) is 32.1 Å². The van der Waals surface area contributed by atoms with Gasteiger partial charge in [0.2, 0.25) is 5.91 Å². The van der Waals surface area contributed by atoms with Gasteiger partial charge in [-0.25, -0.2) is 4.79 Å². The highest BCUT2D eigenvalue weighted by atomic mass is 35.5. The van der Waals surface area contributed by atoms with E-state index in [4.69, 9.17) is 10.5 Å². The molecular formula is C13H20ClN3O4S. The monoisotopic (exact) mass is 349 g/mol. The van der Waals surface area contributed by atoms with Crippen molar-refractivity contribution in [2.24, 2.45) is 5.73 Å². The Morgan fingerprint density at radius 1 is 1.59 bits per heavy atom. The minimum absolute atomic E-state index is 0. The van der Waals surface area contributed by atoms with Crippen LogP contribution in [0.2, 0.25) is 0 Å². The van der Waals surface area contributed by atoms with Gasteiger partial charge in [-0.3, -0.25) is 9.69 Å². The van der Waals surface area contributed by atoms with E-state index in [2.05, 4.69) is 10.1 Å². The van der Waals surface area contributed by atoms with Crippen molar-refractivity contribution in [1.29, 1.82) is 0 Å². The highest BCUT2D eigenvalue weighted by Crippen LogP contribution is 2.23. The van der Waals surface area contributed by atoms with Gasteiger partial charge >= 0.3 is 5.97 Å². The van der Waals surface area contributed by atoms with E-state index < -0.39 is 5.97 Å². The second kappa shape index (κ2) is 9.06. The molecule has 22 heavy (non-hydrogen) atoms. The topological polar surface area (TPSA) is 93.9 Å². The molecule has 0 spiro atoms. The van der Waals surface area contributed by atoms with Gasteiger partial charge in [0.15, 0.2) is 0 Å². The summed E-state index contributed by atoms with van der Waals surface area (Å²) in [6.45, 7) is 2.58. The number of anilines is 1. The van der Waals surface area contributed by atoms with Crippen molar-refractivity contribution in [3.63, 3.8) is 0 Å². The van der Waals surface area contributed by atoms with Gasteiger partial charge in [0.25, 0.3) is 0 Å². The molecule has 1 amide bonds. The van der Waals surface area contributed by atoms with E-state index in [0.717, 1.165) is 0 Å². The molecule has 0 aromatic carbocycles. The normalized spacial score (nSPS) is 18.4. The number of methoxy groups -OCH3 is 1. The van der Waals surface area contributed by atoms with Crippen LogP contribution >= 0.6 is 23.7 Å². The van der Waals surface area contributed by atoms with E-state index in [-0.39, 0.29) is 31.0 Å². The number of carbonyl (C=O) groups is 2. The number of hydrogen-bond acceptors (Lipinski definition) is 7. The fourth-order valence-electron chi connectivity index (χ4n) is 2.12. The van der Waals surface area contributed by atoms with Gasteiger partial charge in [0, 0.05) is 19.6 Å². The Kier molecular flexibility index (Phi) is 7.77. The van der Waals surface area contributed by atoms with Crippen LogP contribution in [0.5, 0.6) is 0 Å². The first-order valence-corrected chi connectivity index (χ1v) is 7.51. The van der Waals surface area contributed by atoms with Crippen molar-refractivity contribution < 1.29 is 19.1 Å². The predicted molar refractivity (Wildman–Crippen MR) is 86.8 cm³/mol. The molecule has 1 aromatic rings. The lowest BCUT2D eigenvalue weighted by atomic mass is 10.2. The van der Waals surface area contributed by atoms with Gasteiger partial charge in [-0.05, 0) is 11.4 Å². The Bertz CT molecular complexity index is 511. The van der Waals surface area contributed by atoms with E-state index in [1.54, 1.807) is 11.4 Å². The second-order valence-electron chi connectivity index (χ2n) is 4.67. The van der Waals surface area contributed by atoms with Crippen LogP contribution in [-0.2, 0) is 14.3 Å². The third-order valence-corrected chi connectivity index (χ3v) is 4.06. The third kappa shape index (κ3) is 4.92. The second-order valence-corrected chi connectivity index (χ2v) is 5.58. The summed E-state index contributed by atoms with van der Waals surface area (Å²) < 4.78 is 10.1. The maximum Gasteiger partial charge on any atom is 0.350 e. The number of nitrogens with one attached hydrogen (secondary N) is 1. The molecule has 1 unspecified atom stereocenters. The number of ether oxygens (including phenoxy) is 2. The number of nitrogens with zero attached hydrogens (tertiary/aromatic N) is 1. The quantitative estimate of drug-likeness (QED) is 0.754. The van der Waals surface area contributed by atoms with Gasteiger partial charge in [0.1, 0.15) is 4.88 Å². The minimum Gasteiger partial charge on any atom is -0.465 e. The Labute approximate surface area is 139 Å². The van der Waals surface area contributed by atoms with Crippen LogP contribution in [0.1, 0.15) is 9.67 Å². The van der Waals surface area contributed by atoms with Gasteiger partial charge in [-0.15, -0.1) is 23.7 Å². The van der Waals surface area contributed by atoms with Crippen molar-refractivity contribution >= 4 is 41.3 Å². The SMILES string of the molecule is COC(=O)c1sccc1NC(=O)CN1CCOC(CN)C1.Cl. The van der Waals surface area contributed by atoms with Crippen molar-refractivity contribution in [2.75, 3.05) is 45.2 Å². The van der Waals surface area contributed by atoms with Gasteiger partial charge in [-0.2, -0.15) is 0 Å². The van der Waals surface area contributed by atoms with Crippen LogP contribution in [0.3, 0.4) is 0 Å². The van der Waals surface area contributed by atoms with Crippen LogP contribution in [-0.4, -0.2) is 62.8 Å². The molecule has 1 atom stereocenters. The molecule has 1 aliphatic heterocycles. The van der Waals surface area contributed by atoms with Crippen LogP contribution in [0.25, 0.3) is 0 Å². The standard InChI is InChI=1S/C13H19N3O4S.ClH/c1-19-13(18)12-10(2-5-21-12)15-11(17)8-16-3-4-20-9(6-14)7-16;/h2,5,9H,3-4,6-8,14H2,1H3,(H,15,17);1H. The number of esters is 1. The highest BCUT2D eigenvalue weighted by molar-refractivity contribution is 7.12. The van der Waals surface area contributed by atoms with Crippen molar-refractivity contribution in [3.8, 4) is 0 Å². The molecule has 9 heteroatoms. The van der Waals surface area contributed by atoms with E-state index in [1.165, 1.54) is 18.4 Å². The summed E-state index contributed by atoms with van der Waals surface area (Å²) in [6.07, 6.45) is -0.0293. The van der Waals surface area contributed by atoms with Crippen LogP contribution in [0, 0.1) is 0 Å². The number of nitrogens with two attached hydrogens (primary N) is 1. The van der Waals surface area contributed by atoms with Crippen LogP contribution < -0.4 is 11.1 Å². The average molecular weight is 350 g/mol. The molecule has 0 aliphatic carbocycles. The summed E-state index contributed by atoms with van der Waals surface area (Å²) >= 11 is 1.23. The Balaban J connectivity index is 0.00000242. The zero-order chi connectivity index (χ0) is 15.2. The molecule has 2 rings (SSSR count). The van der Waals surface area contributed by atoms with Crippen molar-refractivity contribution in [3.05, 3.63) is 16.3 Å². The van der Waals surface area contributed by atoms with E-state index in [9.17, 15) is 9.59 Å². The number of rotatable bonds is 5. The lowest BCUT2D eigenvalue weighted by Crippen LogP contribution is -2.48. The van der Waals surface area contributed by atoms with E-state index in [0.29, 0.717) is 36.8 Å². The number of halogens is 1. The van der Waals surface area contributed by atoms with Gasteiger partial charge < -0.3 is 20.5 Å². The summed E-state index contributed by atoms with van der Waals surface area (Å²) in [7, 11) is 1.31. The van der Waals surface area contributed by atoms with Crippen LogP contribution in [0.15, 0.2) is 11.4 Å². The fourth-order valence-corrected chi connectivity index (χ4v) is 2.88. The molecule has 1 saturated heterocycles. The molecule has 3 N–H and O–H groups in total. The lowest BCUT2D eigenvalue weighted by molar-refractivity contribution is -0.119. The smallest absolute Gasteiger partial charge is 0.350 e. The fraction of sp³-hybridized carbons (Fsp3) is 0.538. The van der Waals surface area contributed by atoms with E-state index >= 15 is 0 Å². The molecule has 1 aromatic heterocycles. The number of morpholine rings is 1. The molecule has 0 radical (unpaired) electrons. The van der Waals surface area contributed by atoms with Gasteiger partial charge in [-0.1, -0.05) is 0 Å². The van der Waals surface area contributed by atoms with E-state index in [1.807, 2.05) is 4.90 Å². The number of carbonyl (C=O) groups excluding carboxylic acids is 2. The van der Waals surface area contributed by atoms with Crippen LogP contribution in [0.4, 0.5) is 5.69 Å². The van der Waals surface area contributed by atoms with Crippen molar-refractivity contribution in [1.82, 2.24) is 4.90 Å². The summed E-state index contributed by atoms with van der Waals surface area (Å²) in [5.41, 5.74) is 6.06. The van der Waals surface area contributed by atoms with Crippen molar-refractivity contribution in [2.45, 2.75) is 6.10 Å². The Hall–Kier alpha value is -1.19. The number of amides is 1. The molecule has 1 fully saturated rings. The number of thiophene rings is 1. The molecular weight excluding hydrogens is 330 g/mol. The first-order chi connectivity index (χ1) is 10.1. The third-order valence-electron chi connectivity index (χ3n) is 3.16. The Morgan fingerprint density at radius 3 is 3.05 bits per heavy atom. The molecule has 1 aliphatic rings. The molecule has 2 heterocycles. The maximum atomic E-state index is 12.1. The molecule has 7 nitrogen and oxygen atoms in total. The zero-order valence-electron chi connectivity index (χ0n) is 12.2. The molecule has 124 valence electrons. The summed E-state index contributed by atoms with van der Waals surface area (Å²) in [6, 6.07) is 1.69.